The molecule has 10 nitrogen and oxygen atoms in total. The van der Waals surface area contributed by atoms with Crippen LogP contribution in [0.4, 0.5) is 4.79 Å². The van der Waals surface area contributed by atoms with Gasteiger partial charge in [-0.2, -0.15) is 0 Å². The number of urea groups is 1. The third-order valence-electron chi connectivity index (χ3n) is 6.43. The average Bonchev–Trinajstić information content (AvgIpc) is 2.81. The van der Waals surface area contributed by atoms with Gasteiger partial charge in [-0.1, -0.05) is 32.4 Å². The Morgan fingerprint density at radius 2 is 1.91 bits per heavy atom. The van der Waals surface area contributed by atoms with Crippen molar-refractivity contribution >= 4 is 17.8 Å². The lowest BCUT2D eigenvalue weighted by Crippen LogP contribution is -2.76. The molecule has 2 aliphatic heterocycles. The number of hydrogen-bond acceptors (Lipinski definition) is 6. The van der Waals surface area contributed by atoms with Crippen molar-refractivity contribution in [2.45, 2.75) is 39.0 Å². The van der Waals surface area contributed by atoms with Gasteiger partial charge in [0.2, 0.25) is 11.8 Å². The van der Waals surface area contributed by atoms with Crippen LogP contribution in [0.5, 0.6) is 5.75 Å². The summed E-state index contributed by atoms with van der Waals surface area (Å²) in [6.45, 7) is 5.37. The van der Waals surface area contributed by atoms with E-state index in [1.54, 1.807) is 41.1 Å². The van der Waals surface area contributed by atoms with Gasteiger partial charge in [0.1, 0.15) is 18.0 Å². The number of likely N-dealkylation sites (N-methyl/N-ethyl adjacent to an activating group) is 1. The number of rotatable bonds is 8. The number of amides is 4. The molecule has 2 fully saturated rings. The number of hydrazine groups is 1. The van der Waals surface area contributed by atoms with Crippen LogP contribution in [0.1, 0.15) is 25.8 Å². The minimum absolute atomic E-state index is 0.0325. The quantitative estimate of drug-likeness (QED) is 0.624. The Kier molecular flexibility index (Phi) is 8.15. The first-order valence-corrected chi connectivity index (χ1v) is 11.3. The Morgan fingerprint density at radius 1 is 1.21 bits per heavy atom. The molecular weight excluding hydrogens is 426 g/mol. The molecule has 0 bridgehead atoms. The molecule has 0 radical (unpaired) electrons. The smallest absolute Gasteiger partial charge is 0.334 e. The van der Waals surface area contributed by atoms with Crippen LogP contribution in [-0.2, 0) is 20.9 Å². The highest BCUT2D eigenvalue weighted by Gasteiger charge is 2.51. The Labute approximate surface area is 195 Å². The minimum atomic E-state index is -0.608. The minimum Gasteiger partial charge on any atom is -0.497 e. The monoisotopic (exact) mass is 461 g/mol. The summed E-state index contributed by atoms with van der Waals surface area (Å²) < 4.78 is 10.4. The average molecular weight is 462 g/mol. The van der Waals surface area contributed by atoms with Gasteiger partial charge in [0.05, 0.1) is 26.8 Å². The van der Waals surface area contributed by atoms with E-state index in [0.29, 0.717) is 19.7 Å². The van der Waals surface area contributed by atoms with Crippen molar-refractivity contribution in [1.29, 1.82) is 0 Å². The summed E-state index contributed by atoms with van der Waals surface area (Å²) in [5.41, 5.74) is 0.926. The predicted molar refractivity (Wildman–Crippen MR) is 122 cm³/mol. The summed E-state index contributed by atoms with van der Waals surface area (Å²) in [6, 6.07) is 6.53. The van der Waals surface area contributed by atoms with Crippen LogP contribution < -0.4 is 10.1 Å². The molecular formula is C23H35N5O5. The van der Waals surface area contributed by atoms with Gasteiger partial charge in [-0.25, -0.2) is 14.8 Å². The summed E-state index contributed by atoms with van der Waals surface area (Å²) in [5.74, 6) is 0.469. The number of benzene rings is 1. The Hall–Kier alpha value is -2.85. The van der Waals surface area contributed by atoms with Crippen LogP contribution >= 0.6 is 0 Å². The second kappa shape index (κ2) is 10.8. The lowest BCUT2D eigenvalue weighted by molar-refractivity contribution is -0.190. The normalized spacial score (nSPS) is 22.3. The van der Waals surface area contributed by atoms with Gasteiger partial charge >= 0.3 is 6.03 Å². The summed E-state index contributed by atoms with van der Waals surface area (Å²) in [5, 5.41) is 6.14. The molecule has 1 aromatic carbocycles. The van der Waals surface area contributed by atoms with Crippen molar-refractivity contribution in [2.24, 2.45) is 5.92 Å². The first-order valence-electron chi connectivity index (χ1n) is 11.3. The maximum Gasteiger partial charge on any atom is 0.334 e. The van der Waals surface area contributed by atoms with Crippen molar-refractivity contribution in [1.82, 2.24) is 25.1 Å². The molecule has 3 rings (SSSR count). The molecule has 1 N–H and O–H groups in total. The van der Waals surface area contributed by atoms with E-state index in [2.05, 4.69) is 5.32 Å². The first kappa shape index (κ1) is 24.8. The number of methoxy groups -OCH3 is 2. The highest BCUT2D eigenvalue weighted by atomic mass is 16.5. The van der Waals surface area contributed by atoms with E-state index >= 15 is 0 Å². The van der Waals surface area contributed by atoms with E-state index in [4.69, 9.17) is 9.47 Å². The fraction of sp³-hybridized carbons (Fsp3) is 0.609. The summed E-state index contributed by atoms with van der Waals surface area (Å²) in [6.07, 6.45) is 0.158. The third-order valence-corrected chi connectivity index (χ3v) is 6.43. The van der Waals surface area contributed by atoms with Crippen LogP contribution in [0.25, 0.3) is 0 Å². The van der Waals surface area contributed by atoms with E-state index in [1.165, 1.54) is 0 Å². The zero-order valence-corrected chi connectivity index (χ0v) is 20.1. The molecule has 1 unspecified atom stereocenters. The van der Waals surface area contributed by atoms with Crippen molar-refractivity contribution < 1.29 is 23.9 Å². The van der Waals surface area contributed by atoms with Crippen molar-refractivity contribution in [3.8, 4) is 5.75 Å². The molecule has 0 aromatic heterocycles. The predicted octanol–water partition coefficient (Wildman–Crippen LogP) is 1.13. The molecule has 4 amide bonds. The van der Waals surface area contributed by atoms with Crippen molar-refractivity contribution in [3.05, 3.63) is 29.8 Å². The summed E-state index contributed by atoms with van der Waals surface area (Å²) >= 11 is 0. The largest absolute Gasteiger partial charge is 0.497 e. The SMILES string of the molecule is CCC(C)[C@H]1C(=O)N(CCOC)C[C@H]2N1C(=O)CN(C)N2C(=O)NCc1ccc(OC)cc1. The molecule has 1 aromatic rings. The van der Waals surface area contributed by atoms with Crippen molar-refractivity contribution in [3.63, 3.8) is 0 Å². The number of piperazine rings is 1. The molecule has 182 valence electrons. The standard InChI is InChI=1S/C23H35N5O5/c1-6-16(2)21-22(30)26(11-12-32-4)14-19-27(21)20(29)15-25(3)28(19)23(31)24-13-17-7-9-18(33-5)10-8-17/h7-10,16,19,21H,6,11-15H2,1-5H3,(H,24,31)/t16?,19-,21-/m0/s1. The third kappa shape index (κ3) is 5.22. The lowest BCUT2D eigenvalue weighted by Gasteiger charge is -2.55. The van der Waals surface area contributed by atoms with Crippen LogP contribution in [0.15, 0.2) is 24.3 Å². The Bertz CT molecular complexity index is 848. The zero-order chi connectivity index (χ0) is 24.1. The molecule has 3 atom stereocenters. The number of carbonyl (C=O) groups is 3. The first-order chi connectivity index (χ1) is 15.8. The zero-order valence-electron chi connectivity index (χ0n) is 20.1. The molecule has 0 spiro atoms. The number of hydrogen-bond donors (Lipinski definition) is 1. The fourth-order valence-electron chi connectivity index (χ4n) is 4.40. The Morgan fingerprint density at radius 3 is 2.52 bits per heavy atom. The maximum atomic E-state index is 13.3. The van der Waals surface area contributed by atoms with Crippen LogP contribution in [0.2, 0.25) is 0 Å². The molecule has 33 heavy (non-hydrogen) atoms. The number of carbonyl (C=O) groups excluding carboxylic acids is 3. The van der Waals surface area contributed by atoms with Gasteiger partial charge in [0.25, 0.3) is 0 Å². The highest BCUT2D eigenvalue weighted by molar-refractivity contribution is 5.91. The number of fused-ring (bicyclic) bond motifs is 1. The second-order valence-electron chi connectivity index (χ2n) is 8.56. The van der Waals surface area contributed by atoms with Gasteiger partial charge in [-0.15, -0.1) is 0 Å². The van der Waals surface area contributed by atoms with Gasteiger partial charge < -0.3 is 24.6 Å². The molecule has 2 aliphatic rings. The number of nitrogens with one attached hydrogen (secondary N) is 1. The topological polar surface area (TPSA) is 94.7 Å². The van der Waals surface area contributed by atoms with Crippen LogP contribution in [-0.4, -0.2) is 97.4 Å². The van der Waals surface area contributed by atoms with E-state index in [1.807, 2.05) is 38.1 Å². The van der Waals surface area contributed by atoms with Gasteiger partial charge in [-0.3, -0.25) is 9.59 Å². The van der Waals surface area contributed by atoms with E-state index < -0.39 is 12.2 Å². The Balaban J connectivity index is 1.83. The highest BCUT2D eigenvalue weighted by Crippen LogP contribution is 2.30. The van der Waals surface area contributed by atoms with Crippen molar-refractivity contribution in [2.75, 3.05) is 47.5 Å². The molecule has 2 heterocycles. The number of nitrogens with zero attached hydrogens (tertiary/aromatic N) is 4. The maximum absolute atomic E-state index is 13.3. The summed E-state index contributed by atoms with van der Waals surface area (Å²) in [7, 11) is 4.91. The molecule has 0 saturated carbocycles. The lowest BCUT2D eigenvalue weighted by atomic mass is 9.92. The van der Waals surface area contributed by atoms with E-state index in [0.717, 1.165) is 17.7 Å². The fourth-order valence-corrected chi connectivity index (χ4v) is 4.40. The number of ether oxygens (including phenoxy) is 2. The van der Waals surface area contributed by atoms with Crippen LogP contribution in [0.3, 0.4) is 0 Å². The van der Waals surface area contributed by atoms with Gasteiger partial charge in [-0.05, 0) is 23.6 Å². The van der Waals surface area contributed by atoms with E-state index in [-0.39, 0.29) is 36.9 Å². The van der Waals surface area contributed by atoms with Crippen LogP contribution in [0, 0.1) is 5.92 Å². The summed E-state index contributed by atoms with van der Waals surface area (Å²) in [4.78, 5) is 43.0. The molecule has 2 saturated heterocycles. The molecule has 10 heteroatoms. The van der Waals surface area contributed by atoms with Gasteiger partial charge in [0, 0.05) is 27.2 Å². The van der Waals surface area contributed by atoms with Gasteiger partial charge in [0.15, 0.2) is 0 Å². The second-order valence-corrected chi connectivity index (χ2v) is 8.56. The molecule has 0 aliphatic carbocycles. The van der Waals surface area contributed by atoms with E-state index in [9.17, 15) is 14.4 Å².